The molecule has 0 aliphatic carbocycles. The summed E-state index contributed by atoms with van der Waals surface area (Å²) in [5, 5.41) is 18.5. The second kappa shape index (κ2) is 9.15. The molecule has 1 heterocycles. The fraction of sp³-hybridized carbons (Fsp3) is 0.636. The maximum absolute atomic E-state index is 10.3. The first kappa shape index (κ1) is 16.1. The normalized spacial score (nSPS) is 14.2. The van der Waals surface area contributed by atoms with Gasteiger partial charge in [-0.15, -0.1) is 0 Å². The van der Waals surface area contributed by atoms with E-state index >= 15 is 0 Å². The van der Waals surface area contributed by atoms with Crippen molar-refractivity contribution in [1.29, 1.82) is 0 Å². The van der Waals surface area contributed by atoms with Gasteiger partial charge in [-0.1, -0.05) is 0 Å². The zero-order chi connectivity index (χ0) is 14.0. The van der Waals surface area contributed by atoms with Crippen LogP contribution in [0, 0.1) is 0 Å². The van der Waals surface area contributed by atoms with Crippen LogP contribution in [0.5, 0.6) is 0 Å². The van der Waals surface area contributed by atoms with Gasteiger partial charge in [0.2, 0.25) is 11.8 Å². The third kappa shape index (κ3) is 10.6. The van der Waals surface area contributed by atoms with Crippen molar-refractivity contribution in [3.8, 4) is 0 Å². The van der Waals surface area contributed by atoms with Gasteiger partial charge in [0.25, 0.3) is 0 Å². The Balaban J connectivity index is 0.000000327. The molecular formula is C11H17NO6. The first-order valence-electron chi connectivity index (χ1n) is 5.68. The molecule has 0 bridgehead atoms. The average molecular weight is 259 g/mol. The summed E-state index contributed by atoms with van der Waals surface area (Å²) < 4.78 is 0. The SMILES string of the molecule is O=C(O)CCCCC(=O)O.O=C1CCCC(=O)N1. The van der Waals surface area contributed by atoms with Gasteiger partial charge in [-0.3, -0.25) is 24.5 Å². The quantitative estimate of drug-likeness (QED) is 0.489. The van der Waals surface area contributed by atoms with Crippen LogP contribution in [0.3, 0.4) is 0 Å². The van der Waals surface area contributed by atoms with Crippen LogP contribution < -0.4 is 5.32 Å². The highest BCUT2D eigenvalue weighted by molar-refractivity contribution is 5.97. The van der Waals surface area contributed by atoms with E-state index in [-0.39, 0.29) is 24.7 Å². The van der Waals surface area contributed by atoms with E-state index in [4.69, 9.17) is 10.2 Å². The molecule has 102 valence electrons. The fourth-order valence-electron chi connectivity index (χ4n) is 1.24. The molecule has 1 saturated heterocycles. The summed E-state index contributed by atoms with van der Waals surface area (Å²) in [6.07, 6.45) is 2.74. The van der Waals surface area contributed by atoms with Crippen molar-refractivity contribution in [3.05, 3.63) is 0 Å². The molecule has 7 nitrogen and oxygen atoms in total. The van der Waals surface area contributed by atoms with Crippen molar-refractivity contribution in [2.75, 3.05) is 0 Å². The molecule has 1 fully saturated rings. The van der Waals surface area contributed by atoms with E-state index in [2.05, 4.69) is 5.32 Å². The van der Waals surface area contributed by atoms with Crippen LogP contribution in [-0.2, 0) is 19.2 Å². The van der Waals surface area contributed by atoms with E-state index < -0.39 is 11.9 Å². The van der Waals surface area contributed by atoms with Gasteiger partial charge in [0, 0.05) is 25.7 Å². The zero-order valence-electron chi connectivity index (χ0n) is 9.98. The summed E-state index contributed by atoms with van der Waals surface area (Å²) in [5.41, 5.74) is 0. The Bertz CT molecular complexity index is 295. The number of aliphatic carboxylic acids is 2. The highest BCUT2D eigenvalue weighted by Gasteiger charge is 2.12. The van der Waals surface area contributed by atoms with Gasteiger partial charge in [0.15, 0.2) is 0 Å². The summed E-state index contributed by atoms with van der Waals surface area (Å²) in [5.74, 6) is -2.02. The van der Waals surface area contributed by atoms with Gasteiger partial charge < -0.3 is 10.2 Å². The predicted molar refractivity (Wildman–Crippen MR) is 60.7 cm³/mol. The molecule has 0 spiro atoms. The van der Waals surface area contributed by atoms with Crippen LogP contribution in [0.15, 0.2) is 0 Å². The predicted octanol–water partition coefficient (Wildman–Crippen LogP) is 0.529. The summed E-state index contributed by atoms with van der Waals surface area (Å²) in [6, 6.07) is 0. The number of hydrogen-bond acceptors (Lipinski definition) is 4. The molecule has 0 radical (unpaired) electrons. The van der Waals surface area contributed by atoms with Gasteiger partial charge in [-0.05, 0) is 19.3 Å². The van der Waals surface area contributed by atoms with E-state index in [1.54, 1.807) is 0 Å². The number of carbonyl (C=O) groups is 4. The molecule has 0 aromatic rings. The van der Waals surface area contributed by atoms with Gasteiger partial charge >= 0.3 is 11.9 Å². The Morgan fingerprint density at radius 1 is 0.944 bits per heavy atom. The van der Waals surface area contributed by atoms with E-state index in [0.29, 0.717) is 32.1 Å². The molecule has 0 aromatic heterocycles. The molecule has 0 aromatic carbocycles. The maximum Gasteiger partial charge on any atom is 0.303 e. The van der Waals surface area contributed by atoms with Crippen LogP contribution in [0.1, 0.15) is 44.9 Å². The molecule has 7 heteroatoms. The Labute approximate surface area is 104 Å². The van der Waals surface area contributed by atoms with Gasteiger partial charge in [-0.2, -0.15) is 0 Å². The van der Waals surface area contributed by atoms with Crippen LogP contribution in [0.2, 0.25) is 0 Å². The lowest BCUT2D eigenvalue weighted by molar-refractivity contribution is -0.139. The summed E-state index contributed by atoms with van der Waals surface area (Å²) in [7, 11) is 0. The number of rotatable bonds is 5. The fourth-order valence-corrected chi connectivity index (χ4v) is 1.24. The number of carboxylic acids is 2. The van der Waals surface area contributed by atoms with Crippen molar-refractivity contribution in [2.24, 2.45) is 0 Å². The summed E-state index contributed by atoms with van der Waals surface area (Å²) >= 11 is 0. The lowest BCUT2D eigenvalue weighted by Crippen LogP contribution is -2.33. The Morgan fingerprint density at radius 2 is 1.33 bits per heavy atom. The van der Waals surface area contributed by atoms with Crippen LogP contribution >= 0.6 is 0 Å². The highest BCUT2D eigenvalue weighted by Crippen LogP contribution is 2.00. The van der Waals surface area contributed by atoms with Crippen molar-refractivity contribution >= 4 is 23.8 Å². The van der Waals surface area contributed by atoms with Crippen molar-refractivity contribution in [1.82, 2.24) is 5.32 Å². The minimum absolute atomic E-state index is 0.0628. The minimum atomic E-state index is -0.870. The smallest absolute Gasteiger partial charge is 0.303 e. The van der Waals surface area contributed by atoms with E-state index in [9.17, 15) is 19.2 Å². The Morgan fingerprint density at radius 3 is 1.56 bits per heavy atom. The van der Waals surface area contributed by atoms with E-state index in [0.717, 1.165) is 0 Å². The van der Waals surface area contributed by atoms with Crippen molar-refractivity contribution in [2.45, 2.75) is 44.9 Å². The standard InChI is InChI=1S/C6H10O4.C5H7NO2/c7-5(8)3-1-2-4-6(9)10;7-4-2-1-3-5(8)6-4/h1-4H2,(H,7,8)(H,9,10);1-3H2,(H,6,7,8). The number of nitrogens with one attached hydrogen (secondary N) is 1. The number of amides is 2. The first-order chi connectivity index (χ1) is 8.41. The number of unbranched alkanes of at least 4 members (excludes halogenated alkanes) is 1. The summed E-state index contributed by atoms with van der Waals surface area (Å²) in [4.78, 5) is 40.5. The molecule has 0 saturated carbocycles. The third-order valence-electron chi connectivity index (χ3n) is 2.12. The monoisotopic (exact) mass is 259 g/mol. The number of imide groups is 1. The maximum atomic E-state index is 10.3. The third-order valence-corrected chi connectivity index (χ3v) is 2.12. The van der Waals surface area contributed by atoms with Crippen LogP contribution in [-0.4, -0.2) is 34.0 Å². The lowest BCUT2D eigenvalue weighted by Gasteiger charge is -2.07. The molecule has 18 heavy (non-hydrogen) atoms. The minimum Gasteiger partial charge on any atom is -0.481 e. The second-order valence-electron chi connectivity index (χ2n) is 3.82. The first-order valence-corrected chi connectivity index (χ1v) is 5.68. The van der Waals surface area contributed by atoms with Gasteiger partial charge in [-0.25, -0.2) is 0 Å². The molecule has 1 aliphatic rings. The molecule has 2 amide bonds. The number of hydrogen-bond donors (Lipinski definition) is 3. The average Bonchev–Trinajstić information content (AvgIpc) is 2.24. The second-order valence-corrected chi connectivity index (χ2v) is 3.82. The number of carbonyl (C=O) groups excluding carboxylic acids is 2. The lowest BCUT2D eigenvalue weighted by atomic mass is 10.1. The van der Waals surface area contributed by atoms with Crippen molar-refractivity contribution < 1.29 is 29.4 Å². The molecule has 3 N–H and O–H groups in total. The highest BCUT2D eigenvalue weighted by atomic mass is 16.4. The topological polar surface area (TPSA) is 121 Å². The van der Waals surface area contributed by atoms with Gasteiger partial charge in [0.1, 0.15) is 0 Å². The molecule has 1 rings (SSSR count). The summed E-state index contributed by atoms with van der Waals surface area (Å²) in [6.45, 7) is 0. The van der Waals surface area contributed by atoms with Crippen LogP contribution in [0.4, 0.5) is 0 Å². The Kier molecular flexibility index (Phi) is 8.17. The Hall–Kier alpha value is -1.92. The number of piperidine rings is 1. The molecular weight excluding hydrogens is 242 g/mol. The van der Waals surface area contributed by atoms with Gasteiger partial charge in [0.05, 0.1) is 0 Å². The number of carboxylic acid groups (broad SMARTS) is 2. The largest absolute Gasteiger partial charge is 0.481 e. The molecule has 0 atom stereocenters. The molecule has 1 aliphatic heterocycles. The van der Waals surface area contributed by atoms with E-state index in [1.807, 2.05) is 0 Å². The zero-order valence-corrected chi connectivity index (χ0v) is 9.98. The van der Waals surface area contributed by atoms with Crippen molar-refractivity contribution in [3.63, 3.8) is 0 Å². The molecule has 0 unspecified atom stereocenters. The van der Waals surface area contributed by atoms with Crippen LogP contribution in [0.25, 0.3) is 0 Å². The van der Waals surface area contributed by atoms with E-state index in [1.165, 1.54) is 0 Å².